The number of hydrogen-bond acceptors (Lipinski definition) is 6. The number of carbonyl (C=O) groups excluding carboxylic acids is 1. The van der Waals surface area contributed by atoms with E-state index in [0.717, 1.165) is 21.5 Å². The molecule has 0 N–H and O–H groups in total. The second-order valence-corrected chi connectivity index (χ2v) is 6.14. The first-order chi connectivity index (χ1) is 10.2. The third-order valence-electron chi connectivity index (χ3n) is 2.70. The summed E-state index contributed by atoms with van der Waals surface area (Å²) in [4.78, 5) is 12.4. The number of ether oxygens (including phenoxy) is 1. The van der Waals surface area contributed by atoms with Crippen molar-refractivity contribution < 1.29 is 9.53 Å². The number of esters is 1. The minimum atomic E-state index is -0.503. The van der Waals surface area contributed by atoms with Crippen LogP contribution in [-0.4, -0.2) is 32.4 Å². The third kappa shape index (κ3) is 2.81. The maximum atomic E-state index is 11.9. The van der Waals surface area contributed by atoms with Crippen LogP contribution in [0.2, 0.25) is 0 Å². The van der Waals surface area contributed by atoms with Gasteiger partial charge >= 0.3 is 5.97 Å². The molecule has 108 valence electrons. The molecule has 6 nitrogen and oxygen atoms in total. The van der Waals surface area contributed by atoms with E-state index in [4.69, 9.17) is 4.74 Å². The number of halogens is 1. The van der Waals surface area contributed by atoms with Crippen molar-refractivity contribution in [2.24, 2.45) is 0 Å². The average molecular weight is 367 g/mol. The highest BCUT2D eigenvalue weighted by atomic mass is 79.9. The fraction of sp³-hybridized carbons (Fsp3) is 0.231. The lowest BCUT2D eigenvalue weighted by molar-refractivity contribution is 0.0487. The molecule has 2 aromatic heterocycles. The van der Waals surface area contributed by atoms with E-state index in [0.29, 0.717) is 11.6 Å². The Morgan fingerprint density at radius 3 is 2.81 bits per heavy atom. The minimum Gasteiger partial charge on any atom is -0.460 e. The van der Waals surface area contributed by atoms with Gasteiger partial charge in [0.15, 0.2) is 0 Å². The maximum Gasteiger partial charge on any atom is 0.378 e. The number of rotatable bonds is 4. The Morgan fingerprint density at radius 2 is 2.10 bits per heavy atom. The Labute approximate surface area is 132 Å². The Morgan fingerprint density at radius 1 is 1.33 bits per heavy atom. The first-order valence-electron chi connectivity index (χ1n) is 6.34. The predicted molar refractivity (Wildman–Crippen MR) is 82.4 cm³/mol. The van der Waals surface area contributed by atoms with E-state index in [-0.39, 0.29) is 5.82 Å². The van der Waals surface area contributed by atoms with Gasteiger partial charge in [-0.1, -0.05) is 46.3 Å². The quantitative estimate of drug-likeness (QED) is 0.663. The normalized spacial score (nSPS) is 11.0. The molecule has 0 unspecified atom stereocenters. The van der Waals surface area contributed by atoms with Crippen LogP contribution in [0.1, 0.15) is 24.0 Å². The lowest BCUT2D eigenvalue weighted by Crippen LogP contribution is -2.11. The molecule has 0 saturated heterocycles. The van der Waals surface area contributed by atoms with E-state index in [1.165, 1.54) is 15.9 Å². The highest BCUT2D eigenvalue weighted by molar-refractivity contribution is 9.10. The SMILES string of the molecule is CCCOC(=O)c1nnc2sc(-c3ccc(Br)cc3)nn12. The first kappa shape index (κ1) is 14.2. The number of nitrogens with zero attached hydrogens (tertiary/aromatic N) is 4. The Kier molecular flexibility index (Phi) is 3.98. The molecule has 0 aliphatic carbocycles. The summed E-state index contributed by atoms with van der Waals surface area (Å²) in [5.74, 6) is -0.393. The molecule has 21 heavy (non-hydrogen) atoms. The molecule has 0 radical (unpaired) electrons. The van der Waals surface area contributed by atoms with Crippen molar-refractivity contribution in [3.05, 3.63) is 34.6 Å². The van der Waals surface area contributed by atoms with Gasteiger partial charge in [-0.3, -0.25) is 0 Å². The van der Waals surface area contributed by atoms with Crippen molar-refractivity contribution in [1.82, 2.24) is 19.8 Å². The van der Waals surface area contributed by atoms with Crippen molar-refractivity contribution in [2.75, 3.05) is 6.61 Å². The van der Waals surface area contributed by atoms with Crippen LogP contribution >= 0.6 is 27.3 Å². The van der Waals surface area contributed by atoms with Gasteiger partial charge in [0.05, 0.1) is 6.61 Å². The second kappa shape index (κ2) is 5.90. The fourth-order valence-corrected chi connectivity index (χ4v) is 2.82. The molecular formula is C13H11BrN4O2S. The highest BCUT2D eigenvalue weighted by Crippen LogP contribution is 2.26. The van der Waals surface area contributed by atoms with E-state index < -0.39 is 5.97 Å². The number of carbonyl (C=O) groups is 1. The van der Waals surface area contributed by atoms with Crippen LogP contribution in [0.4, 0.5) is 0 Å². The second-order valence-electron chi connectivity index (χ2n) is 4.27. The number of fused-ring (bicyclic) bond motifs is 1. The molecular weight excluding hydrogens is 356 g/mol. The molecule has 3 rings (SSSR count). The van der Waals surface area contributed by atoms with Gasteiger partial charge in [0.1, 0.15) is 5.01 Å². The summed E-state index contributed by atoms with van der Waals surface area (Å²) >= 11 is 4.77. The van der Waals surface area contributed by atoms with Crippen LogP contribution in [0.3, 0.4) is 0 Å². The standard InChI is InChI=1S/C13H11BrN4O2S/c1-2-7-20-12(19)10-15-16-13-18(10)17-11(21-13)8-3-5-9(14)6-4-8/h3-6H,2,7H2,1H3. The Bertz CT molecular complexity index is 781. The summed E-state index contributed by atoms with van der Waals surface area (Å²) in [5, 5.41) is 13.0. The zero-order chi connectivity index (χ0) is 14.8. The van der Waals surface area contributed by atoms with E-state index in [1.54, 1.807) is 0 Å². The van der Waals surface area contributed by atoms with Crippen LogP contribution in [0.25, 0.3) is 15.5 Å². The van der Waals surface area contributed by atoms with Crippen LogP contribution < -0.4 is 0 Å². The Hall–Kier alpha value is -1.80. The van der Waals surface area contributed by atoms with Gasteiger partial charge in [0, 0.05) is 10.0 Å². The molecule has 0 saturated carbocycles. The molecule has 0 aliphatic rings. The molecule has 2 heterocycles. The van der Waals surface area contributed by atoms with E-state index in [9.17, 15) is 4.79 Å². The van der Waals surface area contributed by atoms with Crippen LogP contribution in [0.5, 0.6) is 0 Å². The van der Waals surface area contributed by atoms with E-state index >= 15 is 0 Å². The molecule has 3 aromatic rings. The summed E-state index contributed by atoms with van der Waals surface area (Å²) in [5.41, 5.74) is 0.960. The smallest absolute Gasteiger partial charge is 0.378 e. The number of benzene rings is 1. The van der Waals surface area contributed by atoms with Gasteiger partial charge in [-0.2, -0.15) is 9.61 Å². The van der Waals surface area contributed by atoms with Crippen LogP contribution in [-0.2, 0) is 4.74 Å². The van der Waals surface area contributed by atoms with Crippen molar-refractivity contribution in [3.8, 4) is 10.6 Å². The third-order valence-corrected chi connectivity index (χ3v) is 4.18. The van der Waals surface area contributed by atoms with Crippen molar-refractivity contribution in [2.45, 2.75) is 13.3 Å². The molecule has 0 atom stereocenters. The average Bonchev–Trinajstić information content (AvgIpc) is 3.05. The van der Waals surface area contributed by atoms with Gasteiger partial charge in [0.25, 0.3) is 5.82 Å². The zero-order valence-electron chi connectivity index (χ0n) is 11.1. The van der Waals surface area contributed by atoms with E-state index in [2.05, 4.69) is 31.2 Å². The van der Waals surface area contributed by atoms with Crippen LogP contribution in [0.15, 0.2) is 28.7 Å². The lowest BCUT2D eigenvalue weighted by Gasteiger charge is -1.99. The maximum absolute atomic E-state index is 11.9. The topological polar surface area (TPSA) is 69.4 Å². The van der Waals surface area contributed by atoms with Crippen molar-refractivity contribution in [3.63, 3.8) is 0 Å². The monoisotopic (exact) mass is 366 g/mol. The molecule has 0 amide bonds. The molecule has 0 spiro atoms. The lowest BCUT2D eigenvalue weighted by atomic mass is 10.2. The van der Waals surface area contributed by atoms with Crippen molar-refractivity contribution in [1.29, 1.82) is 0 Å². The van der Waals surface area contributed by atoms with Crippen molar-refractivity contribution >= 4 is 38.2 Å². The Balaban J connectivity index is 1.95. The van der Waals surface area contributed by atoms with Gasteiger partial charge in [0.2, 0.25) is 4.96 Å². The van der Waals surface area contributed by atoms with Gasteiger partial charge in [-0.25, -0.2) is 4.79 Å². The van der Waals surface area contributed by atoms with Gasteiger partial charge in [-0.05, 0) is 18.6 Å². The van der Waals surface area contributed by atoms with Gasteiger partial charge < -0.3 is 4.74 Å². The summed E-state index contributed by atoms with van der Waals surface area (Å²) in [6.45, 7) is 2.29. The fourth-order valence-electron chi connectivity index (χ4n) is 1.71. The first-order valence-corrected chi connectivity index (χ1v) is 7.95. The molecule has 0 aliphatic heterocycles. The predicted octanol–water partition coefficient (Wildman–Crippen LogP) is 3.18. The van der Waals surface area contributed by atoms with Crippen LogP contribution in [0, 0.1) is 0 Å². The molecule has 8 heteroatoms. The minimum absolute atomic E-state index is 0.109. The molecule has 1 aromatic carbocycles. The largest absolute Gasteiger partial charge is 0.460 e. The summed E-state index contributed by atoms with van der Waals surface area (Å²) in [7, 11) is 0. The summed E-state index contributed by atoms with van der Waals surface area (Å²) in [6.07, 6.45) is 0.759. The number of hydrogen-bond donors (Lipinski definition) is 0. The van der Waals surface area contributed by atoms with E-state index in [1.807, 2.05) is 31.2 Å². The van der Waals surface area contributed by atoms with Gasteiger partial charge in [-0.15, -0.1) is 10.2 Å². The molecule has 0 fully saturated rings. The number of aromatic nitrogens is 4. The summed E-state index contributed by atoms with van der Waals surface area (Å²) in [6, 6.07) is 7.78. The molecule has 0 bridgehead atoms. The zero-order valence-corrected chi connectivity index (χ0v) is 13.5. The summed E-state index contributed by atoms with van der Waals surface area (Å²) < 4.78 is 7.50. The highest BCUT2D eigenvalue weighted by Gasteiger charge is 2.19.